The molecule has 0 saturated carbocycles. The van der Waals surface area contributed by atoms with E-state index in [2.05, 4.69) is 15.9 Å². The Kier molecular flexibility index (Phi) is 5.61. The maximum Gasteiger partial charge on any atom is 0.243 e. The molecule has 2 heterocycles. The lowest BCUT2D eigenvalue weighted by Crippen LogP contribution is -2.41. The van der Waals surface area contributed by atoms with E-state index in [0.29, 0.717) is 12.2 Å². The molecule has 0 saturated heterocycles. The molecule has 0 unspecified atom stereocenters. The summed E-state index contributed by atoms with van der Waals surface area (Å²) in [5.41, 5.74) is 1.67. The fourth-order valence-electron chi connectivity index (χ4n) is 2.05. The van der Waals surface area contributed by atoms with Crippen molar-refractivity contribution in [3.05, 3.63) is 36.5 Å². The second-order valence-electron chi connectivity index (χ2n) is 4.66. The van der Waals surface area contributed by atoms with Crippen LogP contribution in [0.25, 0.3) is 11.3 Å². The monoisotopic (exact) mass is 314 g/mol. The van der Waals surface area contributed by atoms with Gasteiger partial charge in [0.05, 0.1) is 11.9 Å². The molecule has 22 heavy (non-hydrogen) atoms. The van der Waals surface area contributed by atoms with Crippen molar-refractivity contribution in [2.24, 2.45) is 0 Å². The second kappa shape index (κ2) is 7.66. The number of carbonyl (C=O) groups excluding carboxylic acids is 1. The Morgan fingerprint density at radius 2 is 2.36 bits per heavy atom. The van der Waals surface area contributed by atoms with Gasteiger partial charge in [-0.2, -0.15) is 11.8 Å². The highest BCUT2D eigenvalue weighted by molar-refractivity contribution is 7.98. The summed E-state index contributed by atoms with van der Waals surface area (Å²) in [5, 5.41) is 1.55. The van der Waals surface area contributed by atoms with Crippen LogP contribution in [-0.2, 0) is 4.79 Å². The van der Waals surface area contributed by atoms with Crippen LogP contribution < -0.4 is 5.01 Å². The summed E-state index contributed by atoms with van der Waals surface area (Å²) in [6.07, 6.45) is 13.1. The molecular weight excluding hydrogens is 296 g/mol. The van der Waals surface area contributed by atoms with Gasteiger partial charge in [-0.1, -0.05) is 5.92 Å². The van der Waals surface area contributed by atoms with Gasteiger partial charge in [-0.05, 0) is 25.3 Å². The molecule has 0 bridgehead atoms. The van der Waals surface area contributed by atoms with Crippen LogP contribution in [0.2, 0.25) is 0 Å². The van der Waals surface area contributed by atoms with Crippen LogP contribution in [0.1, 0.15) is 12.2 Å². The zero-order chi connectivity index (χ0) is 15.9. The predicted molar refractivity (Wildman–Crippen MR) is 90.1 cm³/mol. The highest BCUT2D eigenvalue weighted by atomic mass is 32.2. The van der Waals surface area contributed by atoms with Gasteiger partial charge in [-0.3, -0.25) is 9.78 Å². The number of amides is 1. The van der Waals surface area contributed by atoms with Crippen LogP contribution in [0.5, 0.6) is 0 Å². The lowest BCUT2D eigenvalue weighted by atomic mass is 10.2. The van der Waals surface area contributed by atoms with Gasteiger partial charge in [0.15, 0.2) is 0 Å². The number of nitrogens with zero attached hydrogens (tertiary/aromatic N) is 4. The molecule has 0 aromatic carbocycles. The highest BCUT2D eigenvalue weighted by Crippen LogP contribution is 2.17. The Bertz CT molecular complexity index is 675. The maximum atomic E-state index is 12.3. The lowest BCUT2D eigenvalue weighted by molar-refractivity contribution is -0.119. The summed E-state index contributed by atoms with van der Waals surface area (Å²) in [4.78, 5) is 20.9. The molecule has 0 aliphatic rings. The predicted octanol–water partition coefficient (Wildman–Crippen LogP) is 2.10. The van der Waals surface area contributed by atoms with E-state index in [1.165, 1.54) is 0 Å². The largest absolute Gasteiger partial charge is 0.273 e. The van der Waals surface area contributed by atoms with Gasteiger partial charge in [0.2, 0.25) is 5.91 Å². The summed E-state index contributed by atoms with van der Waals surface area (Å²) in [6, 6.07) is 3.78. The van der Waals surface area contributed by atoms with Crippen LogP contribution in [0.3, 0.4) is 0 Å². The molecule has 2 aromatic rings. The third kappa shape index (κ3) is 3.68. The number of aryl methyl sites for hydroxylation is 1. The van der Waals surface area contributed by atoms with Gasteiger partial charge in [0, 0.05) is 30.1 Å². The van der Waals surface area contributed by atoms with Crippen molar-refractivity contribution in [2.45, 2.75) is 13.3 Å². The summed E-state index contributed by atoms with van der Waals surface area (Å²) < 4.78 is 1.73. The number of imidazole rings is 1. The normalized spacial score (nSPS) is 10.2. The molecule has 0 N–H and O–H groups in total. The minimum Gasteiger partial charge on any atom is -0.273 e. The first-order chi connectivity index (χ1) is 10.7. The molecular formula is C16H18N4OS. The van der Waals surface area contributed by atoms with Gasteiger partial charge in [-0.25, -0.2) is 14.7 Å². The molecule has 1 amide bonds. The third-order valence-electron chi connectivity index (χ3n) is 3.12. The van der Waals surface area contributed by atoms with Gasteiger partial charge >= 0.3 is 0 Å². The molecule has 0 aliphatic carbocycles. The Morgan fingerprint density at radius 1 is 1.55 bits per heavy atom. The standard InChI is InChI=1S/C16H18N4OS/c1-4-9-19(16(21)7-10-22-3)20-12-15(18-13(20)2)14-6-5-8-17-11-14/h1,5-6,8,11-12H,7,9-10H2,2-3H3. The van der Waals surface area contributed by atoms with E-state index in [-0.39, 0.29) is 12.5 Å². The van der Waals surface area contributed by atoms with Crippen LogP contribution in [0.4, 0.5) is 0 Å². The average Bonchev–Trinajstić information content (AvgIpc) is 2.93. The molecule has 0 spiro atoms. The molecule has 2 aromatic heterocycles. The zero-order valence-corrected chi connectivity index (χ0v) is 13.5. The van der Waals surface area contributed by atoms with Gasteiger partial charge in [-0.15, -0.1) is 6.42 Å². The van der Waals surface area contributed by atoms with Crippen molar-refractivity contribution in [3.8, 4) is 23.6 Å². The van der Waals surface area contributed by atoms with Crippen molar-refractivity contribution < 1.29 is 4.79 Å². The molecule has 6 heteroatoms. The fourth-order valence-corrected chi connectivity index (χ4v) is 2.43. The number of thioether (sulfide) groups is 1. The molecule has 0 aliphatic heterocycles. The quantitative estimate of drug-likeness (QED) is 0.766. The SMILES string of the molecule is C#CCN(C(=O)CCSC)n1cc(-c2cccnc2)nc1C. The fraction of sp³-hybridized carbons (Fsp3) is 0.312. The summed E-state index contributed by atoms with van der Waals surface area (Å²) >= 11 is 1.63. The smallest absolute Gasteiger partial charge is 0.243 e. The van der Waals surface area contributed by atoms with Crippen molar-refractivity contribution in [3.63, 3.8) is 0 Å². The number of terminal acetylenes is 1. The number of aromatic nitrogens is 3. The van der Waals surface area contributed by atoms with Crippen molar-refractivity contribution in [2.75, 3.05) is 23.6 Å². The Balaban J connectivity index is 2.31. The van der Waals surface area contributed by atoms with Crippen LogP contribution in [-0.4, -0.2) is 39.1 Å². The van der Waals surface area contributed by atoms with E-state index >= 15 is 0 Å². The van der Waals surface area contributed by atoms with E-state index in [4.69, 9.17) is 6.42 Å². The first-order valence-corrected chi connectivity index (χ1v) is 8.26. The molecule has 5 nitrogen and oxygen atoms in total. The van der Waals surface area contributed by atoms with E-state index in [0.717, 1.165) is 17.0 Å². The number of pyridine rings is 1. The molecule has 114 valence electrons. The second-order valence-corrected chi connectivity index (χ2v) is 5.64. The maximum absolute atomic E-state index is 12.3. The topological polar surface area (TPSA) is 51.0 Å². The van der Waals surface area contributed by atoms with Crippen LogP contribution >= 0.6 is 11.8 Å². The zero-order valence-electron chi connectivity index (χ0n) is 12.7. The first-order valence-electron chi connectivity index (χ1n) is 6.86. The minimum absolute atomic E-state index is 0.00876. The van der Waals surface area contributed by atoms with Gasteiger partial charge in [0.25, 0.3) is 0 Å². The molecule has 0 radical (unpaired) electrons. The number of rotatable bonds is 6. The van der Waals surface area contributed by atoms with Crippen LogP contribution in [0, 0.1) is 19.3 Å². The summed E-state index contributed by atoms with van der Waals surface area (Å²) in [6.45, 7) is 2.07. The van der Waals surface area contributed by atoms with Gasteiger partial charge < -0.3 is 0 Å². The van der Waals surface area contributed by atoms with E-state index in [1.54, 1.807) is 33.8 Å². The summed E-state index contributed by atoms with van der Waals surface area (Å²) in [7, 11) is 0. The first kappa shape index (κ1) is 16.1. The highest BCUT2D eigenvalue weighted by Gasteiger charge is 2.17. The Labute approximate surface area is 134 Å². The van der Waals surface area contributed by atoms with E-state index in [1.807, 2.05) is 31.5 Å². The van der Waals surface area contributed by atoms with Gasteiger partial charge in [0.1, 0.15) is 12.4 Å². The number of hydrogen-bond acceptors (Lipinski definition) is 4. The lowest BCUT2D eigenvalue weighted by Gasteiger charge is -2.22. The van der Waals surface area contributed by atoms with E-state index in [9.17, 15) is 4.79 Å². The van der Waals surface area contributed by atoms with Crippen molar-refractivity contribution >= 4 is 17.7 Å². The number of hydrogen-bond donors (Lipinski definition) is 0. The Hall–Kier alpha value is -2.26. The molecule has 0 atom stereocenters. The molecule has 2 rings (SSSR count). The third-order valence-corrected chi connectivity index (χ3v) is 3.74. The molecule has 0 fully saturated rings. The Morgan fingerprint density at radius 3 is 3.00 bits per heavy atom. The van der Waals surface area contributed by atoms with Crippen LogP contribution in [0.15, 0.2) is 30.7 Å². The minimum atomic E-state index is -0.00876. The summed E-state index contributed by atoms with van der Waals surface area (Å²) in [5.74, 6) is 4.01. The number of carbonyl (C=O) groups is 1. The average molecular weight is 314 g/mol. The van der Waals surface area contributed by atoms with Crippen molar-refractivity contribution in [1.82, 2.24) is 14.6 Å². The van der Waals surface area contributed by atoms with E-state index < -0.39 is 0 Å². The van der Waals surface area contributed by atoms with Crippen molar-refractivity contribution in [1.29, 1.82) is 0 Å².